The van der Waals surface area contributed by atoms with Crippen LogP contribution in [0.2, 0.25) is 0 Å². The van der Waals surface area contributed by atoms with Crippen molar-refractivity contribution in [1.29, 1.82) is 0 Å². The standard InChI is InChI=1S/C22H26N4O2/c1-4-26-20-12-11-17(15-19(20)24-16(2)22(26)28)21(27)23-13-8-14-25(3)18-9-6-5-7-10-18/h5-7,9-12,15H,4,8,13-14H2,1-3H3,(H,23,27). The van der Waals surface area contributed by atoms with Crippen LogP contribution in [-0.4, -0.2) is 35.6 Å². The van der Waals surface area contributed by atoms with Crippen LogP contribution in [-0.2, 0) is 6.54 Å². The Morgan fingerprint density at radius 1 is 1.18 bits per heavy atom. The van der Waals surface area contributed by atoms with E-state index in [1.54, 1.807) is 29.7 Å². The van der Waals surface area contributed by atoms with Gasteiger partial charge in [-0.15, -0.1) is 0 Å². The Hall–Kier alpha value is -3.15. The minimum absolute atomic E-state index is 0.0882. The molecule has 0 radical (unpaired) electrons. The van der Waals surface area contributed by atoms with Crippen molar-refractivity contribution in [3.05, 3.63) is 70.1 Å². The Morgan fingerprint density at radius 3 is 2.64 bits per heavy atom. The molecule has 6 nitrogen and oxygen atoms in total. The maximum atomic E-state index is 12.5. The smallest absolute Gasteiger partial charge is 0.272 e. The quantitative estimate of drug-likeness (QED) is 0.642. The fourth-order valence-corrected chi connectivity index (χ4v) is 3.26. The number of carbonyl (C=O) groups excluding carboxylic acids is 1. The first-order valence-electron chi connectivity index (χ1n) is 9.57. The molecular weight excluding hydrogens is 352 g/mol. The van der Waals surface area contributed by atoms with Crippen molar-refractivity contribution in [1.82, 2.24) is 14.9 Å². The summed E-state index contributed by atoms with van der Waals surface area (Å²) in [4.78, 5) is 31.2. The van der Waals surface area contributed by atoms with Crippen molar-refractivity contribution in [3.63, 3.8) is 0 Å². The first-order valence-corrected chi connectivity index (χ1v) is 9.57. The molecule has 0 aliphatic carbocycles. The van der Waals surface area contributed by atoms with E-state index in [2.05, 4.69) is 27.3 Å². The molecule has 1 heterocycles. The Labute approximate surface area is 164 Å². The molecule has 28 heavy (non-hydrogen) atoms. The van der Waals surface area contributed by atoms with E-state index in [1.165, 1.54) is 0 Å². The van der Waals surface area contributed by atoms with Gasteiger partial charge in [-0.1, -0.05) is 18.2 Å². The monoisotopic (exact) mass is 378 g/mol. The second-order valence-corrected chi connectivity index (χ2v) is 6.82. The number of para-hydroxylation sites is 1. The van der Waals surface area contributed by atoms with Crippen LogP contribution in [0.15, 0.2) is 53.3 Å². The van der Waals surface area contributed by atoms with Crippen LogP contribution in [0.5, 0.6) is 0 Å². The third kappa shape index (κ3) is 4.22. The van der Waals surface area contributed by atoms with E-state index in [9.17, 15) is 9.59 Å². The molecule has 6 heteroatoms. The highest BCUT2D eigenvalue weighted by Gasteiger charge is 2.11. The molecule has 0 bridgehead atoms. The lowest BCUT2D eigenvalue weighted by Gasteiger charge is -2.19. The third-order valence-electron chi connectivity index (χ3n) is 4.84. The lowest BCUT2D eigenvalue weighted by molar-refractivity contribution is 0.0953. The van der Waals surface area contributed by atoms with Crippen molar-refractivity contribution in [3.8, 4) is 0 Å². The first kappa shape index (κ1) is 19.6. The highest BCUT2D eigenvalue weighted by molar-refractivity contribution is 5.97. The zero-order valence-corrected chi connectivity index (χ0v) is 16.6. The fourth-order valence-electron chi connectivity index (χ4n) is 3.26. The largest absolute Gasteiger partial charge is 0.375 e. The van der Waals surface area contributed by atoms with E-state index < -0.39 is 0 Å². The molecule has 1 N–H and O–H groups in total. The molecule has 0 aliphatic heterocycles. The number of nitrogens with one attached hydrogen (secondary N) is 1. The summed E-state index contributed by atoms with van der Waals surface area (Å²) in [5, 5.41) is 2.96. The van der Waals surface area contributed by atoms with Gasteiger partial charge in [0.2, 0.25) is 0 Å². The number of carbonyl (C=O) groups is 1. The summed E-state index contributed by atoms with van der Waals surface area (Å²) in [6.07, 6.45) is 0.845. The number of nitrogens with zero attached hydrogens (tertiary/aromatic N) is 3. The predicted octanol–water partition coefficient (Wildman–Crippen LogP) is 2.98. The SMILES string of the molecule is CCn1c(=O)c(C)nc2cc(C(=O)NCCCN(C)c3ccccc3)ccc21. The van der Waals surface area contributed by atoms with E-state index in [0.717, 1.165) is 24.2 Å². The number of fused-ring (bicyclic) bond motifs is 1. The Morgan fingerprint density at radius 2 is 1.93 bits per heavy atom. The van der Waals surface area contributed by atoms with Crippen molar-refractivity contribution >= 4 is 22.6 Å². The van der Waals surface area contributed by atoms with Crippen molar-refractivity contribution < 1.29 is 4.79 Å². The van der Waals surface area contributed by atoms with Gasteiger partial charge in [0.1, 0.15) is 5.69 Å². The molecule has 0 fully saturated rings. The minimum Gasteiger partial charge on any atom is -0.375 e. The summed E-state index contributed by atoms with van der Waals surface area (Å²) in [5.74, 6) is -0.127. The molecule has 1 amide bonds. The number of hydrogen-bond donors (Lipinski definition) is 1. The van der Waals surface area contributed by atoms with Crippen LogP contribution in [0.1, 0.15) is 29.4 Å². The van der Waals surface area contributed by atoms with Gasteiger partial charge >= 0.3 is 0 Å². The molecule has 0 atom stereocenters. The molecular formula is C22H26N4O2. The van der Waals surface area contributed by atoms with Gasteiger partial charge in [-0.3, -0.25) is 9.59 Å². The summed E-state index contributed by atoms with van der Waals surface area (Å²) >= 11 is 0. The van der Waals surface area contributed by atoms with Gasteiger partial charge in [0.05, 0.1) is 11.0 Å². The third-order valence-corrected chi connectivity index (χ3v) is 4.84. The number of aromatic nitrogens is 2. The summed E-state index contributed by atoms with van der Waals surface area (Å²) in [6.45, 7) is 5.64. The van der Waals surface area contributed by atoms with Crippen molar-refractivity contribution in [2.24, 2.45) is 0 Å². The van der Waals surface area contributed by atoms with Crippen molar-refractivity contribution in [2.45, 2.75) is 26.8 Å². The highest BCUT2D eigenvalue weighted by atomic mass is 16.1. The first-order chi connectivity index (χ1) is 13.5. The number of benzene rings is 2. The number of amides is 1. The molecule has 3 aromatic rings. The van der Waals surface area contributed by atoms with Gasteiger partial charge in [-0.25, -0.2) is 4.98 Å². The zero-order valence-electron chi connectivity index (χ0n) is 16.6. The van der Waals surface area contributed by atoms with Crippen LogP contribution < -0.4 is 15.8 Å². The maximum absolute atomic E-state index is 12.5. The van der Waals surface area contributed by atoms with Gasteiger partial charge in [-0.2, -0.15) is 0 Å². The molecule has 0 spiro atoms. The molecule has 3 rings (SSSR count). The lowest BCUT2D eigenvalue weighted by Crippen LogP contribution is -2.28. The molecule has 146 valence electrons. The second-order valence-electron chi connectivity index (χ2n) is 6.82. The number of aryl methyl sites for hydroxylation is 2. The average molecular weight is 378 g/mol. The van der Waals surface area contributed by atoms with E-state index in [1.807, 2.05) is 32.2 Å². The van der Waals surface area contributed by atoms with Gasteiger partial charge in [0.25, 0.3) is 11.5 Å². The van der Waals surface area contributed by atoms with Crippen LogP contribution >= 0.6 is 0 Å². The van der Waals surface area contributed by atoms with Gasteiger partial charge < -0.3 is 14.8 Å². The van der Waals surface area contributed by atoms with Crippen LogP contribution in [0.3, 0.4) is 0 Å². The molecule has 0 saturated heterocycles. The van der Waals surface area contributed by atoms with Crippen LogP contribution in [0, 0.1) is 6.92 Å². The molecule has 2 aromatic carbocycles. The topological polar surface area (TPSA) is 67.2 Å². The summed E-state index contributed by atoms with van der Waals surface area (Å²) < 4.78 is 1.68. The molecule has 0 unspecified atom stereocenters. The average Bonchev–Trinajstić information content (AvgIpc) is 2.72. The number of anilines is 1. The highest BCUT2D eigenvalue weighted by Crippen LogP contribution is 2.14. The Balaban J connectivity index is 1.62. The predicted molar refractivity (Wildman–Crippen MR) is 113 cm³/mol. The van der Waals surface area contributed by atoms with Crippen LogP contribution in [0.4, 0.5) is 5.69 Å². The molecule has 0 aliphatic rings. The van der Waals surface area contributed by atoms with Crippen molar-refractivity contribution in [2.75, 3.05) is 25.0 Å². The van der Waals surface area contributed by atoms with Gasteiger partial charge in [0.15, 0.2) is 0 Å². The fraction of sp³-hybridized carbons (Fsp3) is 0.318. The van der Waals surface area contributed by atoms with Gasteiger partial charge in [0, 0.05) is 37.9 Å². The number of rotatable bonds is 7. The Bertz CT molecular complexity index is 1030. The number of hydrogen-bond acceptors (Lipinski definition) is 4. The maximum Gasteiger partial charge on any atom is 0.272 e. The molecule has 1 aromatic heterocycles. The minimum atomic E-state index is -0.127. The van der Waals surface area contributed by atoms with Gasteiger partial charge in [-0.05, 0) is 50.6 Å². The molecule has 0 saturated carbocycles. The lowest BCUT2D eigenvalue weighted by atomic mass is 10.1. The normalized spacial score (nSPS) is 10.8. The Kier molecular flexibility index (Phi) is 6.09. The van der Waals surface area contributed by atoms with E-state index in [4.69, 9.17) is 0 Å². The van der Waals surface area contributed by atoms with E-state index in [0.29, 0.717) is 29.9 Å². The summed E-state index contributed by atoms with van der Waals surface area (Å²) in [6, 6.07) is 15.5. The van der Waals surface area contributed by atoms with E-state index >= 15 is 0 Å². The summed E-state index contributed by atoms with van der Waals surface area (Å²) in [7, 11) is 2.04. The van der Waals surface area contributed by atoms with Crippen LogP contribution in [0.25, 0.3) is 11.0 Å². The second kappa shape index (κ2) is 8.69. The summed E-state index contributed by atoms with van der Waals surface area (Å²) in [5.41, 5.74) is 3.48. The van der Waals surface area contributed by atoms with E-state index in [-0.39, 0.29) is 11.5 Å². The zero-order chi connectivity index (χ0) is 20.1.